The van der Waals surface area contributed by atoms with Gasteiger partial charge in [-0.15, -0.1) is 0 Å². The van der Waals surface area contributed by atoms with Crippen molar-refractivity contribution in [2.75, 3.05) is 6.54 Å². The van der Waals surface area contributed by atoms with Gasteiger partial charge in [0.2, 0.25) is 5.91 Å². The van der Waals surface area contributed by atoms with Gasteiger partial charge in [-0.3, -0.25) is 9.59 Å². The van der Waals surface area contributed by atoms with E-state index in [1.165, 1.54) is 6.92 Å². The van der Waals surface area contributed by atoms with Crippen LogP contribution in [0.5, 0.6) is 0 Å². The standard InChI is InChI=1S/C10H17NO2/c1-4-9-5-6-11(8(3)13)10(9)7(2)12/h9-10H,4-6H2,1-3H3/t9?,10-/m1/s1. The lowest BCUT2D eigenvalue weighted by molar-refractivity contribution is -0.136. The molecule has 0 aromatic heterocycles. The molecule has 0 spiro atoms. The molecule has 1 rings (SSSR count). The summed E-state index contributed by atoms with van der Waals surface area (Å²) in [7, 11) is 0. The first-order chi connectivity index (χ1) is 6.07. The van der Waals surface area contributed by atoms with E-state index in [-0.39, 0.29) is 17.7 Å². The lowest BCUT2D eigenvalue weighted by Crippen LogP contribution is -2.41. The maximum absolute atomic E-state index is 11.3. The Labute approximate surface area is 79.1 Å². The molecule has 0 N–H and O–H groups in total. The highest BCUT2D eigenvalue weighted by Crippen LogP contribution is 2.27. The summed E-state index contributed by atoms with van der Waals surface area (Å²) in [5.74, 6) is 0.525. The Morgan fingerprint density at radius 3 is 2.38 bits per heavy atom. The first kappa shape index (κ1) is 10.2. The molecule has 0 bridgehead atoms. The van der Waals surface area contributed by atoms with E-state index >= 15 is 0 Å². The molecular formula is C10H17NO2. The maximum atomic E-state index is 11.3. The van der Waals surface area contributed by atoms with Gasteiger partial charge in [-0.2, -0.15) is 0 Å². The molecule has 2 atom stereocenters. The molecule has 1 unspecified atom stereocenters. The van der Waals surface area contributed by atoms with Gasteiger partial charge in [0.05, 0.1) is 6.04 Å². The van der Waals surface area contributed by atoms with Crippen LogP contribution < -0.4 is 0 Å². The number of nitrogens with zero attached hydrogens (tertiary/aromatic N) is 1. The van der Waals surface area contributed by atoms with Crippen LogP contribution >= 0.6 is 0 Å². The summed E-state index contributed by atoms with van der Waals surface area (Å²) in [6.45, 7) is 5.94. The number of carbonyl (C=O) groups excluding carboxylic acids is 2. The Morgan fingerprint density at radius 1 is 1.38 bits per heavy atom. The predicted molar refractivity (Wildman–Crippen MR) is 50.3 cm³/mol. The van der Waals surface area contributed by atoms with Crippen LogP contribution in [-0.4, -0.2) is 29.2 Å². The van der Waals surface area contributed by atoms with E-state index < -0.39 is 0 Å². The second kappa shape index (κ2) is 3.90. The first-order valence-electron chi connectivity index (χ1n) is 4.85. The van der Waals surface area contributed by atoms with Crippen molar-refractivity contribution in [3.05, 3.63) is 0 Å². The molecular weight excluding hydrogens is 166 g/mol. The van der Waals surface area contributed by atoms with Crippen LogP contribution in [0.3, 0.4) is 0 Å². The summed E-state index contributed by atoms with van der Waals surface area (Å²) in [5.41, 5.74) is 0. The van der Waals surface area contributed by atoms with Gasteiger partial charge < -0.3 is 4.90 Å². The van der Waals surface area contributed by atoms with Crippen LogP contribution in [-0.2, 0) is 9.59 Å². The number of amides is 1. The van der Waals surface area contributed by atoms with E-state index in [1.807, 2.05) is 0 Å². The fraction of sp³-hybridized carbons (Fsp3) is 0.800. The van der Waals surface area contributed by atoms with Crippen molar-refractivity contribution in [2.24, 2.45) is 5.92 Å². The third-order valence-electron chi connectivity index (χ3n) is 2.87. The Morgan fingerprint density at radius 2 is 2.00 bits per heavy atom. The van der Waals surface area contributed by atoms with Crippen molar-refractivity contribution in [3.63, 3.8) is 0 Å². The second-order valence-electron chi connectivity index (χ2n) is 3.72. The van der Waals surface area contributed by atoms with Crippen LogP contribution in [0.15, 0.2) is 0 Å². The molecule has 1 fully saturated rings. The van der Waals surface area contributed by atoms with Gasteiger partial charge in [0.1, 0.15) is 0 Å². The number of Topliss-reactive ketones (excluding diaryl/α,β-unsaturated/α-hetero) is 1. The van der Waals surface area contributed by atoms with Gasteiger partial charge in [0.15, 0.2) is 5.78 Å². The summed E-state index contributed by atoms with van der Waals surface area (Å²) in [6, 6.07) is -0.150. The van der Waals surface area contributed by atoms with E-state index in [1.54, 1.807) is 11.8 Å². The quantitative estimate of drug-likeness (QED) is 0.645. The SMILES string of the molecule is CCC1CCN(C(C)=O)[C@@H]1C(C)=O. The fourth-order valence-corrected chi connectivity index (χ4v) is 2.19. The Bertz CT molecular complexity index is 225. The zero-order chi connectivity index (χ0) is 10.0. The van der Waals surface area contributed by atoms with Gasteiger partial charge in [0, 0.05) is 13.5 Å². The minimum Gasteiger partial charge on any atom is -0.333 e. The molecule has 0 aromatic carbocycles. The molecule has 1 aliphatic rings. The lowest BCUT2D eigenvalue weighted by Gasteiger charge is -2.24. The van der Waals surface area contributed by atoms with Crippen LogP contribution in [0.25, 0.3) is 0 Å². The van der Waals surface area contributed by atoms with Crippen LogP contribution in [0, 0.1) is 5.92 Å². The molecule has 0 radical (unpaired) electrons. The Kier molecular flexibility index (Phi) is 3.07. The molecule has 0 aromatic rings. The molecule has 1 saturated heterocycles. The molecule has 0 saturated carbocycles. The van der Waals surface area contributed by atoms with Crippen molar-refractivity contribution in [3.8, 4) is 0 Å². The number of likely N-dealkylation sites (tertiary alicyclic amines) is 1. The first-order valence-corrected chi connectivity index (χ1v) is 4.85. The van der Waals surface area contributed by atoms with Gasteiger partial charge >= 0.3 is 0 Å². The molecule has 1 amide bonds. The summed E-state index contributed by atoms with van der Waals surface area (Å²) >= 11 is 0. The van der Waals surface area contributed by atoms with Gasteiger partial charge in [0.25, 0.3) is 0 Å². The van der Waals surface area contributed by atoms with Gasteiger partial charge in [-0.05, 0) is 19.3 Å². The number of carbonyl (C=O) groups is 2. The summed E-state index contributed by atoms with van der Waals surface area (Å²) < 4.78 is 0. The highest BCUT2D eigenvalue weighted by atomic mass is 16.2. The summed E-state index contributed by atoms with van der Waals surface area (Å²) in [5, 5.41) is 0. The zero-order valence-electron chi connectivity index (χ0n) is 8.54. The predicted octanol–water partition coefficient (Wildman–Crippen LogP) is 1.22. The highest BCUT2D eigenvalue weighted by molar-refractivity contribution is 5.87. The number of hydrogen-bond acceptors (Lipinski definition) is 2. The molecule has 13 heavy (non-hydrogen) atoms. The maximum Gasteiger partial charge on any atom is 0.220 e. The fourth-order valence-electron chi connectivity index (χ4n) is 2.19. The van der Waals surface area contributed by atoms with Gasteiger partial charge in [-0.1, -0.05) is 13.3 Å². The minimum absolute atomic E-state index is 0.0242. The van der Waals surface area contributed by atoms with E-state index in [2.05, 4.69) is 6.92 Å². The van der Waals surface area contributed by atoms with E-state index in [0.717, 1.165) is 19.4 Å². The third kappa shape index (κ3) is 1.90. The van der Waals surface area contributed by atoms with E-state index in [9.17, 15) is 9.59 Å². The largest absolute Gasteiger partial charge is 0.333 e. The van der Waals surface area contributed by atoms with Crippen LogP contribution in [0.2, 0.25) is 0 Å². The summed E-state index contributed by atoms with van der Waals surface area (Å²) in [4.78, 5) is 24.2. The Balaban J connectivity index is 2.78. The van der Waals surface area contributed by atoms with E-state index in [4.69, 9.17) is 0 Å². The van der Waals surface area contributed by atoms with Crippen molar-refractivity contribution >= 4 is 11.7 Å². The Hall–Kier alpha value is -0.860. The highest BCUT2D eigenvalue weighted by Gasteiger charge is 2.37. The van der Waals surface area contributed by atoms with Crippen molar-refractivity contribution in [2.45, 2.75) is 39.7 Å². The topological polar surface area (TPSA) is 37.4 Å². The molecule has 1 heterocycles. The second-order valence-corrected chi connectivity index (χ2v) is 3.72. The monoisotopic (exact) mass is 183 g/mol. The summed E-state index contributed by atoms with van der Waals surface area (Å²) in [6.07, 6.45) is 1.95. The lowest BCUT2D eigenvalue weighted by atomic mass is 9.95. The minimum atomic E-state index is -0.150. The molecule has 74 valence electrons. The molecule has 3 nitrogen and oxygen atoms in total. The molecule has 0 aliphatic carbocycles. The number of rotatable bonds is 2. The zero-order valence-corrected chi connectivity index (χ0v) is 8.54. The van der Waals surface area contributed by atoms with Crippen LogP contribution in [0.4, 0.5) is 0 Å². The average Bonchev–Trinajstić information content (AvgIpc) is 2.46. The molecule has 1 aliphatic heterocycles. The average molecular weight is 183 g/mol. The van der Waals surface area contributed by atoms with Crippen molar-refractivity contribution in [1.82, 2.24) is 4.90 Å². The molecule has 3 heteroatoms. The van der Waals surface area contributed by atoms with Crippen molar-refractivity contribution in [1.29, 1.82) is 0 Å². The third-order valence-corrected chi connectivity index (χ3v) is 2.87. The van der Waals surface area contributed by atoms with Gasteiger partial charge in [-0.25, -0.2) is 0 Å². The van der Waals surface area contributed by atoms with E-state index in [0.29, 0.717) is 5.92 Å². The normalized spacial score (nSPS) is 27.8. The van der Waals surface area contributed by atoms with Crippen molar-refractivity contribution < 1.29 is 9.59 Å². The van der Waals surface area contributed by atoms with Crippen LogP contribution in [0.1, 0.15) is 33.6 Å². The number of ketones is 1. The smallest absolute Gasteiger partial charge is 0.220 e. The number of hydrogen-bond donors (Lipinski definition) is 0.